The molecule has 0 heterocycles. The van der Waals surface area contributed by atoms with Gasteiger partial charge in [-0.2, -0.15) is 0 Å². The highest BCUT2D eigenvalue weighted by Crippen LogP contribution is 2.30. The molecule has 3 rings (SSSR count). The molecule has 1 saturated carbocycles. The molecule has 6 nitrogen and oxygen atoms in total. The molecule has 1 aliphatic carbocycles. The molecule has 0 radical (unpaired) electrons. The van der Waals surface area contributed by atoms with Crippen LogP contribution >= 0.6 is 23.8 Å². The molecule has 0 atom stereocenters. The Kier molecular flexibility index (Phi) is 4.82. The molecule has 1 fully saturated rings. The molecule has 0 aromatic heterocycles. The molecule has 0 spiro atoms. The third kappa shape index (κ3) is 4.56. The SMILES string of the molecule is O=[N+]([O-])c1cc(NC(=S)NC2CC2)cc(Oc2ccc(Cl)cc2)c1. The summed E-state index contributed by atoms with van der Waals surface area (Å²) >= 11 is 11.0. The predicted molar refractivity (Wildman–Crippen MR) is 97.0 cm³/mol. The fraction of sp³-hybridized carbons (Fsp3) is 0.188. The minimum absolute atomic E-state index is 0.0850. The number of hydrogen-bond acceptors (Lipinski definition) is 4. The van der Waals surface area contributed by atoms with Crippen molar-refractivity contribution in [3.8, 4) is 11.5 Å². The Labute approximate surface area is 148 Å². The normalized spacial score (nSPS) is 13.2. The lowest BCUT2D eigenvalue weighted by atomic mass is 10.2. The van der Waals surface area contributed by atoms with Gasteiger partial charge in [-0.25, -0.2) is 0 Å². The summed E-state index contributed by atoms with van der Waals surface area (Å²) in [6, 6.07) is 11.6. The van der Waals surface area contributed by atoms with Crippen molar-refractivity contribution in [1.82, 2.24) is 5.32 Å². The summed E-state index contributed by atoms with van der Waals surface area (Å²) in [6.07, 6.45) is 2.17. The van der Waals surface area contributed by atoms with Gasteiger partial charge in [0, 0.05) is 23.2 Å². The summed E-state index contributed by atoms with van der Waals surface area (Å²) in [5.74, 6) is 0.868. The van der Waals surface area contributed by atoms with Gasteiger partial charge in [0.05, 0.1) is 16.7 Å². The fourth-order valence-corrected chi connectivity index (χ4v) is 2.45. The fourth-order valence-electron chi connectivity index (χ4n) is 2.04. The van der Waals surface area contributed by atoms with E-state index in [0.717, 1.165) is 12.8 Å². The summed E-state index contributed by atoms with van der Waals surface area (Å²) in [5, 5.41) is 18.2. The number of thiocarbonyl (C=S) groups is 1. The number of benzene rings is 2. The van der Waals surface area contributed by atoms with E-state index < -0.39 is 4.92 Å². The van der Waals surface area contributed by atoms with Crippen molar-refractivity contribution in [2.24, 2.45) is 0 Å². The second kappa shape index (κ2) is 7.02. The van der Waals surface area contributed by atoms with Crippen LogP contribution in [0.15, 0.2) is 42.5 Å². The number of hydrogen-bond donors (Lipinski definition) is 2. The lowest BCUT2D eigenvalue weighted by Crippen LogP contribution is -2.30. The Morgan fingerprint density at radius 1 is 1.21 bits per heavy atom. The number of nitrogens with one attached hydrogen (secondary N) is 2. The van der Waals surface area contributed by atoms with Gasteiger partial charge in [-0.3, -0.25) is 10.1 Å². The molecule has 124 valence electrons. The lowest BCUT2D eigenvalue weighted by Gasteiger charge is -2.12. The van der Waals surface area contributed by atoms with Crippen molar-refractivity contribution in [2.75, 3.05) is 5.32 Å². The van der Waals surface area contributed by atoms with E-state index in [1.54, 1.807) is 30.3 Å². The van der Waals surface area contributed by atoms with Crippen LogP contribution in [0.5, 0.6) is 11.5 Å². The molecular formula is C16H14ClN3O3S. The third-order valence-electron chi connectivity index (χ3n) is 3.32. The molecule has 0 aliphatic heterocycles. The van der Waals surface area contributed by atoms with E-state index in [-0.39, 0.29) is 5.69 Å². The Morgan fingerprint density at radius 3 is 2.54 bits per heavy atom. The van der Waals surface area contributed by atoms with E-state index in [2.05, 4.69) is 10.6 Å². The van der Waals surface area contributed by atoms with Crippen LogP contribution in [-0.4, -0.2) is 16.1 Å². The quantitative estimate of drug-likeness (QED) is 0.463. The Hall–Kier alpha value is -2.38. The van der Waals surface area contributed by atoms with Crippen molar-refractivity contribution in [3.05, 3.63) is 57.6 Å². The first-order chi connectivity index (χ1) is 11.5. The predicted octanol–water partition coefficient (Wildman–Crippen LogP) is 4.49. The summed E-state index contributed by atoms with van der Waals surface area (Å²) in [5.41, 5.74) is 0.407. The van der Waals surface area contributed by atoms with E-state index in [1.165, 1.54) is 12.1 Å². The van der Waals surface area contributed by atoms with Gasteiger partial charge in [0.15, 0.2) is 5.11 Å². The number of rotatable bonds is 5. The van der Waals surface area contributed by atoms with Crippen LogP contribution in [0.3, 0.4) is 0 Å². The number of halogens is 1. The molecule has 2 N–H and O–H groups in total. The zero-order valence-corrected chi connectivity index (χ0v) is 14.1. The Balaban J connectivity index is 1.80. The molecule has 0 amide bonds. The van der Waals surface area contributed by atoms with E-state index >= 15 is 0 Å². The lowest BCUT2D eigenvalue weighted by molar-refractivity contribution is -0.384. The highest BCUT2D eigenvalue weighted by molar-refractivity contribution is 7.80. The third-order valence-corrected chi connectivity index (χ3v) is 3.79. The molecule has 2 aromatic rings. The molecule has 1 aliphatic rings. The second-order valence-corrected chi connectivity index (χ2v) is 6.25. The average Bonchev–Trinajstić information content (AvgIpc) is 3.33. The number of nitrogens with zero attached hydrogens (tertiary/aromatic N) is 1. The highest BCUT2D eigenvalue weighted by atomic mass is 35.5. The molecule has 8 heteroatoms. The molecule has 0 saturated heterocycles. The van der Waals surface area contributed by atoms with Gasteiger partial charge in [0.2, 0.25) is 0 Å². The smallest absolute Gasteiger partial charge is 0.275 e. The van der Waals surface area contributed by atoms with Gasteiger partial charge in [0.25, 0.3) is 5.69 Å². The van der Waals surface area contributed by atoms with E-state index in [4.69, 9.17) is 28.6 Å². The Morgan fingerprint density at radius 2 is 1.92 bits per heavy atom. The van der Waals surface area contributed by atoms with Crippen molar-refractivity contribution in [3.63, 3.8) is 0 Å². The maximum absolute atomic E-state index is 11.1. The first-order valence-corrected chi connectivity index (χ1v) is 8.08. The molecule has 0 unspecified atom stereocenters. The van der Waals surface area contributed by atoms with E-state index in [1.807, 2.05) is 0 Å². The van der Waals surface area contributed by atoms with E-state index in [9.17, 15) is 10.1 Å². The average molecular weight is 364 g/mol. The van der Waals surface area contributed by atoms with Gasteiger partial charge in [-0.05, 0) is 49.3 Å². The summed E-state index contributed by atoms with van der Waals surface area (Å²) in [4.78, 5) is 10.7. The summed E-state index contributed by atoms with van der Waals surface area (Å²) < 4.78 is 5.67. The van der Waals surface area contributed by atoms with Gasteiger partial charge in [0.1, 0.15) is 11.5 Å². The number of nitro benzene ring substituents is 1. The van der Waals surface area contributed by atoms with Crippen LogP contribution in [0.1, 0.15) is 12.8 Å². The molecular weight excluding hydrogens is 350 g/mol. The minimum atomic E-state index is -0.475. The van der Waals surface area contributed by atoms with Crippen molar-refractivity contribution in [2.45, 2.75) is 18.9 Å². The van der Waals surface area contributed by atoms with Crippen LogP contribution in [0, 0.1) is 10.1 Å². The zero-order valence-electron chi connectivity index (χ0n) is 12.5. The molecule has 2 aromatic carbocycles. The first kappa shape index (κ1) is 16.5. The summed E-state index contributed by atoms with van der Waals surface area (Å²) in [7, 11) is 0. The number of ether oxygens (including phenoxy) is 1. The summed E-state index contributed by atoms with van der Waals surface area (Å²) in [6.45, 7) is 0. The van der Waals surface area contributed by atoms with Crippen molar-refractivity contribution < 1.29 is 9.66 Å². The standard InChI is InChI=1S/C16H14ClN3O3S/c17-10-1-5-14(6-2-10)23-15-8-12(7-13(9-15)20(21)22)19-16(24)18-11-3-4-11/h1-2,5-9,11H,3-4H2,(H2,18,19,24). The van der Waals surface area contributed by atoms with Crippen LogP contribution in [0.2, 0.25) is 5.02 Å². The van der Waals surface area contributed by atoms with Crippen LogP contribution in [0.25, 0.3) is 0 Å². The maximum Gasteiger partial charge on any atom is 0.275 e. The van der Waals surface area contributed by atoms with Gasteiger partial charge < -0.3 is 15.4 Å². The largest absolute Gasteiger partial charge is 0.457 e. The molecule has 24 heavy (non-hydrogen) atoms. The van der Waals surface area contributed by atoms with Crippen molar-refractivity contribution >= 4 is 40.3 Å². The zero-order chi connectivity index (χ0) is 17.1. The molecule has 0 bridgehead atoms. The minimum Gasteiger partial charge on any atom is -0.457 e. The van der Waals surface area contributed by atoms with E-state index in [0.29, 0.717) is 33.4 Å². The topological polar surface area (TPSA) is 76.4 Å². The monoisotopic (exact) mass is 363 g/mol. The van der Waals surface area contributed by atoms with Crippen LogP contribution in [-0.2, 0) is 0 Å². The van der Waals surface area contributed by atoms with Gasteiger partial charge in [-0.1, -0.05) is 11.6 Å². The van der Waals surface area contributed by atoms with Gasteiger partial charge >= 0.3 is 0 Å². The highest BCUT2D eigenvalue weighted by Gasteiger charge is 2.22. The van der Waals surface area contributed by atoms with Crippen LogP contribution in [0.4, 0.5) is 11.4 Å². The number of non-ortho nitro benzene ring substituents is 1. The first-order valence-electron chi connectivity index (χ1n) is 7.30. The van der Waals surface area contributed by atoms with Crippen LogP contribution < -0.4 is 15.4 Å². The number of anilines is 1. The van der Waals surface area contributed by atoms with Gasteiger partial charge in [-0.15, -0.1) is 0 Å². The van der Waals surface area contributed by atoms with Crippen molar-refractivity contribution in [1.29, 1.82) is 0 Å². The Bertz CT molecular complexity index is 779. The maximum atomic E-state index is 11.1. The second-order valence-electron chi connectivity index (χ2n) is 5.40. The number of nitro groups is 1.